The average Bonchev–Trinajstić information content (AvgIpc) is 3.64. The molecule has 2 N–H and O–H groups in total. The van der Waals surface area contributed by atoms with Gasteiger partial charge in [0.1, 0.15) is 11.4 Å². The number of allylic oxidation sites excluding steroid dienone is 1. The number of aryl methyl sites for hydroxylation is 1. The van der Waals surface area contributed by atoms with Crippen molar-refractivity contribution in [2.45, 2.75) is 77.2 Å². The fourth-order valence-corrected chi connectivity index (χ4v) is 6.37. The van der Waals surface area contributed by atoms with Crippen molar-refractivity contribution in [2.24, 2.45) is 5.73 Å². The lowest BCUT2D eigenvalue weighted by atomic mass is 9.92. The summed E-state index contributed by atoms with van der Waals surface area (Å²) in [4.78, 5) is 15.0. The monoisotopic (exact) mass is 539 g/mol. The predicted molar refractivity (Wildman–Crippen MR) is 166 cm³/mol. The molecule has 1 saturated carbocycles. The molecule has 7 heteroatoms. The number of nitrogens with zero attached hydrogens (tertiary/aromatic N) is 6. The van der Waals surface area contributed by atoms with E-state index in [1.165, 1.54) is 63.6 Å². The van der Waals surface area contributed by atoms with E-state index in [1.807, 2.05) is 17.8 Å². The molecule has 0 bridgehead atoms. The van der Waals surface area contributed by atoms with Gasteiger partial charge in [0, 0.05) is 30.4 Å². The lowest BCUT2D eigenvalue weighted by Crippen LogP contribution is -2.31. The highest BCUT2D eigenvalue weighted by atomic mass is 15.3. The number of likely N-dealkylation sites (tertiary alicyclic amines) is 1. The fraction of sp³-hybridized carbons (Fsp3) is 0.485. The van der Waals surface area contributed by atoms with E-state index >= 15 is 0 Å². The molecule has 5 rings (SSSR count). The van der Waals surface area contributed by atoms with Gasteiger partial charge in [0.2, 0.25) is 0 Å². The van der Waals surface area contributed by atoms with Crippen molar-refractivity contribution < 1.29 is 0 Å². The molecule has 2 aliphatic rings. The zero-order valence-electron chi connectivity index (χ0n) is 24.7. The van der Waals surface area contributed by atoms with Gasteiger partial charge in [0.25, 0.3) is 0 Å². The van der Waals surface area contributed by atoms with Gasteiger partial charge < -0.3 is 15.5 Å². The largest absolute Gasteiger partial charge is 0.397 e. The second kappa shape index (κ2) is 12.4. The SMILES string of the molecule is C=C(N)c1nc(CC)c(N(C)C2CCCC2)nc1/C(=C\C)c1cnn(-c2ccc(C3CCCN(C)CC3)cc2)c1. The molecule has 1 unspecified atom stereocenters. The van der Waals surface area contributed by atoms with Crippen LogP contribution in [0.2, 0.25) is 0 Å². The van der Waals surface area contributed by atoms with Crippen LogP contribution in [0.25, 0.3) is 17.0 Å². The lowest BCUT2D eigenvalue weighted by Gasteiger charge is -2.28. The van der Waals surface area contributed by atoms with Crippen molar-refractivity contribution in [1.29, 1.82) is 0 Å². The van der Waals surface area contributed by atoms with E-state index in [0.29, 0.717) is 23.4 Å². The molecule has 2 fully saturated rings. The van der Waals surface area contributed by atoms with Crippen LogP contribution >= 0.6 is 0 Å². The Bertz CT molecular complexity index is 1350. The summed E-state index contributed by atoms with van der Waals surface area (Å²) in [5, 5.41) is 4.73. The number of nitrogens with two attached hydrogens (primary N) is 1. The highest BCUT2D eigenvalue weighted by Crippen LogP contribution is 2.33. The summed E-state index contributed by atoms with van der Waals surface area (Å²) in [6.07, 6.45) is 15.5. The average molecular weight is 540 g/mol. The summed E-state index contributed by atoms with van der Waals surface area (Å²) in [5.41, 5.74) is 13.5. The van der Waals surface area contributed by atoms with Crippen LogP contribution in [0.1, 0.15) is 92.9 Å². The van der Waals surface area contributed by atoms with Crippen LogP contribution in [0.4, 0.5) is 5.82 Å². The topological polar surface area (TPSA) is 76.1 Å². The first-order valence-corrected chi connectivity index (χ1v) is 15.0. The first-order valence-electron chi connectivity index (χ1n) is 15.0. The Balaban J connectivity index is 1.44. The molecule has 212 valence electrons. The Labute approximate surface area is 239 Å². The molecule has 7 nitrogen and oxygen atoms in total. The molecule has 1 saturated heterocycles. The third kappa shape index (κ3) is 5.85. The van der Waals surface area contributed by atoms with Crippen molar-refractivity contribution in [3.63, 3.8) is 0 Å². The Morgan fingerprint density at radius 1 is 1.05 bits per heavy atom. The second-order valence-corrected chi connectivity index (χ2v) is 11.5. The third-order valence-electron chi connectivity index (χ3n) is 8.81. The maximum Gasteiger partial charge on any atom is 0.151 e. The Morgan fingerprint density at radius 3 is 2.48 bits per heavy atom. The quantitative estimate of drug-likeness (QED) is 0.368. The van der Waals surface area contributed by atoms with E-state index in [1.54, 1.807) is 0 Å². The molecule has 0 amide bonds. The van der Waals surface area contributed by atoms with Gasteiger partial charge >= 0.3 is 0 Å². The van der Waals surface area contributed by atoms with Crippen LogP contribution in [0.3, 0.4) is 0 Å². The minimum atomic E-state index is 0.430. The third-order valence-corrected chi connectivity index (χ3v) is 8.81. The van der Waals surface area contributed by atoms with Gasteiger partial charge in [-0.05, 0) is 89.2 Å². The molecule has 1 aromatic carbocycles. The highest BCUT2D eigenvalue weighted by Gasteiger charge is 2.26. The number of benzene rings is 1. The highest BCUT2D eigenvalue weighted by molar-refractivity contribution is 5.83. The van der Waals surface area contributed by atoms with Crippen molar-refractivity contribution in [3.05, 3.63) is 77.5 Å². The normalized spacial score (nSPS) is 19.1. The predicted octanol–water partition coefficient (Wildman–Crippen LogP) is 6.18. The summed E-state index contributed by atoms with van der Waals surface area (Å²) < 4.78 is 1.94. The number of rotatable bonds is 8. The first-order chi connectivity index (χ1) is 19.4. The number of anilines is 1. The van der Waals surface area contributed by atoms with Gasteiger partial charge in [0.15, 0.2) is 5.82 Å². The van der Waals surface area contributed by atoms with Gasteiger partial charge in [-0.3, -0.25) is 0 Å². The van der Waals surface area contributed by atoms with E-state index in [4.69, 9.17) is 20.8 Å². The summed E-state index contributed by atoms with van der Waals surface area (Å²) in [5.74, 6) is 1.58. The van der Waals surface area contributed by atoms with E-state index in [0.717, 1.165) is 40.5 Å². The summed E-state index contributed by atoms with van der Waals surface area (Å²) in [6.45, 7) is 10.6. The molecule has 1 aliphatic carbocycles. The van der Waals surface area contributed by atoms with Crippen LogP contribution < -0.4 is 10.6 Å². The maximum absolute atomic E-state index is 6.29. The maximum atomic E-state index is 6.29. The molecule has 0 spiro atoms. The molecular weight excluding hydrogens is 494 g/mol. The molecule has 2 aromatic heterocycles. The second-order valence-electron chi connectivity index (χ2n) is 11.5. The van der Waals surface area contributed by atoms with Crippen LogP contribution in [0.15, 0.2) is 49.3 Å². The zero-order chi connectivity index (χ0) is 28.2. The number of hydrogen-bond donors (Lipinski definition) is 1. The van der Waals surface area contributed by atoms with Crippen molar-refractivity contribution in [2.75, 3.05) is 32.1 Å². The van der Waals surface area contributed by atoms with Crippen LogP contribution in [-0.4, -0.2) is 57.9 Å². The van der Waals surface area contributed by atoms with Crippen LogP contribution in [-0.2, 0) is 6.42 Å². The van der Waals surface area contributed by atoms with Gasteiger partial charge in [-0.15, -0.1) is 0 Å². The lowest BCUT2D eigenvalue weighted by molar-refractivity contribution is 0.347. The van der Waals surface area contributed by atoms with E-state index in [-0.39, 0.29) is 0 Å². The van der Waals surface area contributed by atoms with Crippen LogP contribution in [0.5, 0.6) is 0 Å². The van der Waals surface area contributed by atoms with Crippen molar-refractivity contribution >= 4 is 17.1 Å². The Kier molecular flexibility index (Phi) is 8.69. The molecular formula is C33H45N7. The molecule has 40 heavy (non-hydrogen) atoms. The summed E-state index contributed by atoms with van der Waals surface area (Å²) in [7, 11) is 4.38. The molecule has 3 aromatic rings. The van der Waals surface area contributed by atoms with Gasteiger partial charge in [-0.1, -0.05) is 44.6 Å². The van der Waals surface area contributed by atoms with Crippen LogP contribution in [0, 0.1) is 0 Å². The molecule has 1 atom stereocenters. The number of hydrogen-bond acceptors (Lipinski definition) is 6. The first kappa shape index (κ1) is 28.1. The van der Waals surface area contributed by atoms with Gasteiger partial charge in [-0.25, -0.2) is 14.6 Å². The summed E-state index contributed by atoms with van der Waals surface area (Å²) >= 11 is 0. The summed E-state index contributed by atoms with van der Waals surface area (Å²) in [6, 6.07) is 9.43. The minimum Gasteiger partial charge on any atom is -0.397 e. The Hall–Kier alpha value is -3.45. The van der Waals surface area contributed by atoms with E-state index in [9.17, 15) is 0 Å². The van der Waals surface area contributed by atoms with Gasteiger partial charge in [0.05, 0.1) is 23.3 Å². The minimum absolute atomic E-state index is 0.430. The van der Waals surface area contributed by atoms with E-state index in [2.05, 4.69) is 73.9 Å². The Morgan fingerprint density at radius 2 is 1.80 bits per heavy atom. The van der Waals surface area contributed by atoms with Gasteiger partial charge in [-0.2, -0.15) is 5.10 Å². The van der Waals surface area contributed by atoms with E-state index < -0.39 is 0 Å². The number of aromatic nitrogens is 4. The fourth-order valence-electron chi connectivity index (χ4n) is 6.37. The smallest absolute Gasteiger partial charge is 0.151 e. The van der Waals surface area contributed by atoms with Crippen molar-refractivity contribution in [3.8, 4) is 5.69 Å². The molecule has 1 aliphatic heterocycles. The standard InChI is InChI=1S/C33H45N7/c1-6-29(32-31(23(3)34)36-30(7-2)33(37-32)39(5)27-12-8-9-13-27)26-21-35-40(22-26)28-16-14-25(15-17-28)24-11-10-19-38(4)20-18-24/h6,14-17,21-22,24,27H,3,7-13,18-20,34H2,1-2,4-5H3/b29-6-. The van der Waals surface area contributed by atoms with Crippen molar-refractivity contribution in [1.82, 2.24) is 24.6 Å². The zero-order valence-corrected chi connectivity index (χ0v) is 24.7. The molecule has 0 radical (unpaired) electrons. The molecule has 3 heterocycles.